The molecule has 1 saturated carbocycles. The Hall–Kier alpha value is -4.09. The molecule has 4 heterocycles. The number of nitrogens with zero attached hydrogens (tertiary/aromatic N) is 3. The number of carbonyl (C=O) groups excluding carboxylic acids is 1. The molecule has 1 amide bonds. The molecule has 3 aromatic heterocycles. The Morgan fingerprint density at radius 3 is 2.53 bits per heavy atom. The van der Waals surface area contributed by atoms with Crippen LogP contribution in [-0.2, 0) is 24.9 Å². The highest BCUT2D eigenvalue weighted by atomic mass is 35.5. The van der Waals surface area contributed by atoms with E-state index < -0.39 is 5.92 Å². The number of amides is 1. The lowest BCUT2D eigenvalue weighted by Gasteiger charge is -2.28. The molecule has 1 saturated heterocycles. The number of aryl methyl sites for hydroxylation is 1. The number of carbonyl (C=O) groups is 1. The third-order valence-corrected chi connectivity index (χ3v) is 10.8. The van der Waals surface area contributed by atoms with E-state index in [1.54, 1.807) is 13.3 Å². The maximum absolute atomic E-state index is 13.6. The van der Waals surface area contributed by atoms with Crippen LogP contribution in [0.3, 0.4) is 0 Å². The minimum absolute atomic E-state index is 0.0621. The van der Waals surface area contributed by atoms with Crippen LogP contribution in [-0.4, -0.2) is 52.1 Å². The van der Waals surface area contributed by atoms with Crippen molar-refractivity contribution in [3.8, 4) is 39.5 Å². The van der Waals surface area contributed by atoms with Crippen molar-refractivity contribution >= 4 is 40.0 Å². The van der Waals surface area contributed by atoms with Crippen LogP contribution in [0.2, 0.25) is 10.0 Å². The number of aromatic nitrogens is 3. The van der Waals surface area contributed by atoms with Gasteiger partial charge in [0, 0.05) is 109 Å². The Morgan fingerprint density at radius 2 is 1.76 bits per heavy atom. The summed E-state index contributed by atoms with van der Waals surface area (Å²) >= 11 is 14.2. The van der Waals surface area contributed by atoms with Crippen molar-refractivity contribution in [3.05, 3.63) is 88.2 Å². The first kappa shape index (κ1) is 35.3. The SMILES string of the molecule is COc1nc(-c2cccc(-c3ccnc(-c4ccc5c(CNC6CCC(F)(F)CC6)cn(C)c5c4)c3Cl)c2Cl)ccc1CNCC1CCC(=O)N1. The molecule has 0 radical (unpaired) electrons. The number of alkyl halides is 2. The summed E-state index contributed by atoms with van der Waals surface area (Å²) in [6.07, 6.45) is 6.05. The molecule has 0 bridgehead atoms. The van der Waals surface area contributed by atoms with Gasteiger partial charge in [-0.15, -0.1) is 0 Å². The van der Waals surface area contributed by atoms with Gasteiger partial charge in [0.15, 0.2) is 0 Å². The molecule has 1 atom stereocenters. The monoisotopic (exact) mass is 732 g/mol. The summed E-state index contributed by atoms with van der Waals surface area (Å²) in [4.78, 5) is 21.0. The third kappa shape index (κ3) is 7.60. The zero-order chi connectivity index (χ0) is 35.7. The quantitative estimate of drug-likeness (QED) is 0.127. The van der Waals surface area contributed by atoms with Gasteiger partial charge in [-0.2, -0.15) is 0 Å². The van der Waals surface area contributed by atoms with E-state index in [1.165, 1.54) is 0 Å². The van der Waals surface area contributed by atoms with Gasteiger partial charge in [0.2, 0.25) is 17.7 Å². The van der Waals surface area contributed by atoms with Crippen LogP contribution < -0.4 is 20.7 Å². The van der Waals surface area contributed by atoms with Gasteiger partial charge in [-0.1, -0.05) is 59.6 Å². The van der Waals surface area contributed by atoms with E-state index in [9.17, 15) is 13.6 Å². The molecule has 2 fully saturated rings. The number of hydrogen-bond acceptors (Lipinski definition) is 6. The van der Waals surface area contributed by atoms with Gasteiger partial charge >= 0.3 is 0 Å². The fourth-order valence-electron chi connectivity index (χ4n) is 7.19. The standard InChI is InChI=1S/C39H40Cl2F2N6O2/c1-49-22-25(20-46-26-12-15-39(42,43)16-13-26)28-9-6-23(18-33(28)49)37-36(41)30(14-17-45-37)29-4-3-5-31(35(29)40)32-10-7-24(38(48-32)51-2)19-44-21-27-8-11-34(50)47-27/h3-7,9-10,14,17-18,22,26-27,44,46H,8,11-13,15-16,19-21H2,1-2H3,(H,47,50). The molecule has 1 aliphatic heterocycles. The van der Waals surface area contributed by atoms with Crippen LogP contribution in [0.25, 0.3) is 44.5 Å². The van der Waals surface area contributed by atoms with E-state index in [4.69, 9.17) is 32.9 Å². The second-order valence-corrected chi connectivity index (χ2v) is 14.3. The first-order valence-corrected chi connectivity index (χ1v) is 18.0. The normalized spacial score (nSPS) is 17.6. The van der Waals surface area contributed by atoms with E-state index in [0.717, 1.165) is 50.7 Å². The summed E-state index contributed by atoms with van der Waals surface area (Å²) in [7, 11) is 3.59. The lowest BCUT2D eigenvalue weighted by Crippen LogP contribution is -2.36. The van der Waals surface area contributed by atoms with Crippen molar-refractivity contribution in [1.29, 1.82) is 0 Å². The number of benzene rings is 2. The summed E-state index contributed by atoms with van der Waals surface area (Å²) in [6.45, 7) is 1.82. The number of fused-ring (bicyclic) bond motifs is 1. The average molecular weight is 734 g/mol. The molecule has 8 nitrogen and oxygen atoms in total. The fourth-order valence-corrected chi connectivity index (χ4v) is 7.83. The van der Waals surface area contributed by atoms with Crippen molar-refractivity contribution < 1.29 is 18.3 Å². The lowest BCUT2D eigenvalue weighted by molar-refractivity contribution is -0.119. The number of nitrogens with one attached hydrogen (secondary N) is 3. The van der Waals surface area contributed by atoms with Gasteiger partial charge in [-0.3, -0.25) is 9.78 Å². The van der Waals surface area contributed by atoms with Gasteiger partial charge in [-0.25, -0.2) is 13.8 Å². The van der Waals surface area contributed by atoms with Gasteiger partial charge in [0.05, 0.1) is 28.5 Å². The molecular formula is C39H40Cl2F2N6O2. The van der Waals surface area contributed by atoms with Crippen LogP contribution in [0.15, 0.2) is 67.0 Å². The molecule has 1 unspecified atom stereocenters. The summed E-state index contributed by atoms with van der Waals surface area (Å²) < 4.78 is 35.0. The van der Waals surface area contributed by atoms with Crippen LogP contribution in [0.4, 0.5) is 8.78 Å². The Labute approximate surface area is 305 Å². The van der Waals surface area contributed by atoms with Crippen molar-refractivity contribution in [2.75, 3.05) is 13.7 Å². The zero-order valence-electron chi connectivity index (χ0n) is 28.5. The number of rotatable bonds is 11. The maximum Gasteiger partial charge on any atom is 0.248 e. The van der Waals surface area contributed by atoms with Crippen LogP contribution >= 0.6 is 23.2 Å². The molecule has 3 N–H and O–H groups in total. The fraction of sp³-hybridized carbons (Fsp3) is 0.359. The van der Waals surface area contributed by atoms with Crippen molar-refractivity contribution in [1.82, 2.24) is 30.5 Å². The number of methoxy groups -OCH3 is 1. The highest BCUT2D eigenvalue weighted by Gasteiger charge is 2.34. The minimum atomic E-state index is -2.54. The predicted molar refractivity (Wildman–Crippen MR) is 198 cm³/mol. The predicted octanol–water partition coefficient (Wildman–Crippen LogP) is 8.32. The molecule has 2 aromatic carbocycles. The number of ether oxygens (including phenoxy) is 1. The number of hydrogen-bond donors (Lipinski definition) is 3. The molecule has 12 heteroatoms. The van der Waals surface area contributed by atoms with E-state index >= 15 is 0 Å². The molecule has 7 rings (SSSR count). The molecule has 2 aliphatic rings. The van der Waals surface area contributed by atoms with Gasteiger partial charge < -0.3 is 25.3 Å². The van der Waals surface area contributed by atoms with E-state index in [2.05, 4.69) is 43.8 Å². The average Bonchev–Trinajstić information content (AvgIpc) is 3.69. The number of halogens is 4. The first-order valence-electron chi connectivity index (χ1n) is 17.3. The number of pyridine rings is 2. The molecular weight excluding hydrogens is 693 g/mol. The second kappa shape index (κ2) is 14.9. The topological polar surface area (TPSA) is 93.1 Å². The van der Waals surface area contributed by atoms with Crippen LogP contribution in [0, 0.1) is 0 Å². The van der Waals surface area contributed by atoms with Gasteiger partial charge in [0.25, 0.3) is 0 Å². The Balaban J connectivity index is 1.11. The summed E-state index contributed by atoms with van der Waals surface area (Å²) in [6, 6.07) is 17.9. The molecule has 1 aliphatic carbocycles. The highest BCUT2D eigenvalue weighted by molar-refractivity contribution is 6.39. The van der Waals surface area contributed by atoms with E-state index in [1.807, 2.05) is 49.5 Å². The van der Waals surface area contributed by atoms with Crippen LogP contribution in [0.5, 0.6) is 5.88 Å². The summed E-state index contributed by atoms with van der Waals surface area (Å²) in [5.74, 6) is -1.95. The van der Waals surface area contributed by atoms with Gasteiger partial charge in [0.1, 0.15) is 0 Å². The molecule has 266 valence electrons. The first-order chi connectivity index (χ1) is 24.6. The third-order valence-electron chi connectivity index (χ3n) is 10.0. The lowest BCUT2D eigenvalue weighted by atomic mass is 9.92. The van der Waals surface area contributed by atoms with E-state index in [0.29, 0.717) is 66.2 Å². The smallest absolute Gasteiger partial charge is 0.248 e. The van der Waals surface area contributed by atoms with Crippen molar-refractivity contribution in [2.24, 2.45) is 7.05 Å². The maximum atomic E-state index is 13.6. The summed E-state index contributed by atoms with van der Waals surface area (Å²) in [5, 5.41) is 11.9. The summed E-state index contributed by atoms with van der Waals surface area (Å²) in [5.41, 5.74) is 7.43. The molecule has 51 heavy (non-hydrogen) atoms. The Bertz CT molecular complexity index is 2080. The van der Waals surface area contributed by atoms with E-state index in [-0.39, 0.29) is 30.8 Å². The minimum Gasteiger partial charge on any atom is -0.481 e. The van der Waals surface area contributed by atoms with Crippen molar-refractivity contribution in [2.45, 2.75) is 69.6 Å². The van der Waals surface area contributed by atoms with Crippen LogP contribution in [0.1, 0.15) is 49.7 Å². The Morgan fingerprint density at radius 1 is 0.980 bits per heavy atom. The Kier molecular flexibility index (Phi) is 10.3. The van der Waals surface area contributed by atoms with Crippen molar-refractivity contribution in [3.63, 3.8) is 0 Å². The second-order valence-electron chi connectivity index (χ2n) is 13.5. The molecule has 5 aromatic rings. The highest BCUT2D eigenvalue weighted by Crippen LogP contribution is 2.42. The largest absolute Gasteiger partial charge is 0.481 e. The zero-order valence-corrected chi connectivity index (χ0v) is 30.1. The molecule has 0 spiro atoms. The van der Waals surface area contributed by atoms with Gasteiger partial charge in [-0.05, 0) is 43.0 Å².